The van der Waals surface area contributed by atoms with E-state index in [1.165, 1.54) is 53.6 Å². The lowest BCUT2D eigenvalue weighted by molar-refractivity contribution is 0.0187. The van der Waals surface area contributed by atoms with E-state index in [-0.39, 0.29) is 0 Å². The summed E-state index contributed by atoms with van der Waals surface area (Å²) in [6, 6.07) is 32.0. The lowest BCUT2D eigenvalue weighted by Gasteiger charge is -2.56. The van der Waals surface area contributed by atoms with Crippen molar-refractivity contribution in [1.29, 1.82) is 0 Å². The number of aromatic nitrogens is 1. The molecule has 3 saturated heterocycles. The van der Waals surface area contributed by atoms with Gasteiger partial charge in [-0.05, 0) is 49.0 Å². The van der Waals surface area contributed by atoms with E-state index in [4.69, 9.17) is 0 Å². The lowest BCUT2D eigenvalue weighted by Crippen LogP contribution is -2.65. The molecule has 3 nitrogen and oxygen atoms in total. The molecule has 3 heteroatoms. The maximum absolute atomic E-state index is 3.50. The molecule has 162 valence electrons. The SMILES string of the molecule is CN(c1c[nH]c2ccccc12)[C@@H]1C2CCN(CC2)[C@@H]1C(c1ccccc1)c1ccccc1. The summed E-state index contributed by atoms with van der Waals surface area (Å²) in [5.74, 6) is 1.08. The van der Waals surface area contributed by atoms with Gasteiger partial charge in [0.05, 0.1) is 5.69 Å². The second kappa shape index (κ2) is 8.14. The second-order valence-corrected chi connectivity index (χ2v) is 9.48. The van der Waals surface area contributed by atoms with Gasteiger partial charge in [0, 0.05) is 42.1 Å². The topological polar surface area (TPSA) is 22.3 Å². The van der Waals surface area contributed by atoms with Crippen molar-refractivity contribution in [3.63, 3.8) is 0 Å². The molecular weight excluding hydrogens is 390 g/mol. The molecule has 4 aromatic rings. The molecule has 32 heavy (non-hydrogen) atoms. The first-order valence-electron chi connectivity index (χ1n) is 11.9. The van der Waals surface area contributed by atoms with Crippen molar-refractivity contribution < 1.29 is 0 Å². The number of para-hydroxylation sites is 1. The first-order chi connectivity index (χ1) is 15.8. The minimum absolute atomic E-state index is 0.359. The third-order valence-corrected chi connectivity index (χ3v) is 7.88. The van der Waals surface area contributed by atoms with Crippen LogP contribution in [0.25, 0.3) is 10.9 Å². The fourth-order valence-electron chi connectivity index (χ4n) is 6.42. The average Bonchev–Trinajstić information content (AvgIpc) is 3.30. The summed E-state index contributed by atoms with van der Waals surface area (Å²) in [7, 11) is 2.32. The quantitative estimate of drug-likeness (QED) is 0.433. The number of aromatic amines is 1. The molecule has 4 heterocycles. The van der Waals surface area contributed by atoms with Gasteiger partial charge in [-0.1, -0.05) is 78.9 Å². The number of fused-ring (bicyclic) bond motifs is 4. The molecular formula is C29H31N3. The Bertz CT molecular complexity index is 1140. The van der Waals surface area contributed by atoms with Crippen molar-refractivity contribution in [3.8, 4) is 0 Å². The van der Waals surface area contributed by atoms with Gasteiger partial charge in [-0.3, -0.25) is 4.90 Å². The van der Waals surface area contributed by atoms with Gasteiger partial charge in [-0.25, -0.2) is 0 Å². The van der Waals surface area contributed by atoms with Gasteiger partial charge in [-0.15, -0.1) is 0 Å². The van der Waals surface area contributed by atoms with Crippen LogP contribution in [0.1, 0.15) is 29.9 Å². The Labute approximate surface area is 190 Å². The molecule has 3 fully saturated rings. The molecule has 0 saturated carbocycles. The van der Waals surface area contributed by atoms with Crippen LogP contribution in [-0.2, 0) is 0 Å². The Balaban J connectivity index is 1.47. The van der Waals surface area contributed by atoms with Gasteiger partial charge < -0.3 is 9.88 Å². The molecule has 3 aliphatic heterocycles. The predicted octanol–water partition coefficient (Wildman–Crippen LogP) is 5.90. The molecule has 0 radical (unpaired) electrons. The highest BCUT2D eigenvalue weighted by Gasteiger charge is 2.48. The Hall–Kier alpha value is -3.04. The summed E-state index contributed by atoms with van der Waals surface area (Å²) in [5, 5.41) is 1.32. The summed E-state index contributed by atoms with van der Waals surface area (Å²) >= 11 is 0. The summed E-state index contributed by atoms with van der Waals surface area (Å²) in [4.78, 5) is 8.88. The van der Waals surface area contributed by atoms with Gasteiger partial charge in [0.2, 0.25) is 0 Å². The lowest BCUT2D eigenvalue weighted by atomic mass is 9.70. The molecule has 1 N–H and O–H groups in total. The zero-order valence-corrected chi connectivity index (χ0v) is 18.7. The van der Waals surface area contributed by atoms with Crippen LogP contribution in [0.5, 0.6) is 0 Å². The fourth-order valence-corrected chi connectivity index (χ4v) is 6.42. The first kappa shape index (κ1) is 19.6. The number of benzene rings is 3. The van der Waals surface area contributed by atoms with Crippen LogP contribution in [0.4, 0.5) is 5.69 Å². The highest BCUT2D eigenvalue weighted by Crippen LogP contribution is 2.45. The van der Waals surface area contributed by atoms with Crippen LogP contribution in [0.2, 0.25) is 0 Å². The van der Waals surface area contributed by atoms with Crippen molar-refractivity contribution in [1.82, 2.24) is 9.88 Å². The fraction of sp³-hybridized carbons (Fsp3) is 0.310. The standard InChI is InChI=1S/C29H31N3/c1-31(26-20-30-25-15-9-8-14-24(25)26)28-23-16-18-32(19-17-23)29(28)27(21-10-4-2-5-11-21)22-12-6-3-7-13-22/h2-15,20,23,27-30H,16-19H2,1H3/t28-,29-/m1/s1. The predicted molar refractivity (Wildman–Crippen MR) is 133 cm³/mol. The normalized spacial score (nSPS) is 24.8. The number of nitrogens with one attached hydrogen (secondary N) is 1. The molecule has 0 aliphatic carbocycles. The van der Waals surface area contributed by atoms with E-state index in [0.29, 0.717) is 18.0 Å². The Kier molecular flexibility index (Phi) is 4.99. The number of hydrogen-bond acceptors (Lipinski definition) is 2. The third-order valence-electron chi connectivity index (χ3n) is 7.88. The number of hydrogen-bond donors (Lipinski definition) is 1. The molecule has 3 aromatic carbocycles. The van der Waals surface area contributed by atoms with E-state index < -0.39 is 0 Å². The zero-order valence-electron chi connectivity index (χ0n) is 18.7. The van der Waals surface area contributed by atoms with Crippen LogP contribution < -0.4 is 4.90 Å². The molecule has 0 spiro atoms. The molecule has 2 bridgehead atoms. The molecule has 2 atom stereocenters. The van der Waals surface area contributed by atoms with Crippen LogP contribution in [0.15, 0.2) is 91.1 Å². The van der Waals surface area contributed by atoms with E-state index in [0.717, 1.165) is 5.92 Å². The minimum atomic E-state index is 0.359. The van der Waals surface area contributed by atoms with Crippen LogP contribution in [0.3, 0.4) is 0 Å². The molecule has 1 aromatic heterocycles. The monoisotopic (exact) mass is 421 g/mol. The Morgan fingerprint density at radius 3 is 2.06 bits per heavy atom. The van der Waals surface area contributed by atoms with Gasteiger partial charge >= 0.3 is 0 Å². The van der Waals surface area contributed by atoms with E-state index >= 15 is 0 Å². The highest BCUT2D eigenvalue weighted by molar-refractivity contribution is 5.92. The number of H-pyrrole nitrogens is 1. The number of rotatable bonds is 5. The molecule has 3 aliphatic rings. The van der Waals surface area contributed by atoms with Gasteiger partial charge in [0.1, 0.15) is 0 Å². The van der Waals surface area contributed by atoms with Crippen LogP contribution in [0, 0.1) is 5.92 Å². The van der Waals surface area contributed by atoms with Gasteiger partial charge in [-0.2, -0.15) is 0 Å². The smallest absolute Gasteiger partial charge is 0.0624 e. The maximum atomic E-state index is 3.50. The summed E-state index contributed by atoms with van der Waals surface area (Å²) in [6.07, 6.45) is 4.80. The number of piperidine rings is 3. The molecule has 7 rings (SSSR count). The van der Waals surface area contributed by atoms with Gasteiger partial charge in [0.25, 0.3) is 0 Å². The summed E-state index contributed by atoms with van der Waals surface area (Å²) < 4.78 is 0. The Morgan fingerprint density at radius 1 is 0.812 bits per heavy atom. The van der Waals surface area contributed by atoms with E-state index in [2.05, 4.69) is 113 Å². The van der Waals surface area contributed by atoms with Crippen molar-refractivity contribution in [2.45, 2.75) is 30.8 Å². The van der Waals surface area contributed by atoms with Crippen LogP contribution in [-0.4, -0.2) is 42.1 Å². The number of anilines is 1. The van der Waals surface area contributed by atoms with Crippen molar-refractivity contribution >= 4 is 16.6 Å². The van der Waals surface area contributed by atoms with E-state index in [9.17, 15) is 0 Å². The molecule has 0 unspecified atom stereocenters. The van der Waals surface area contributed by atoms with E-state index in [1.807, 2.05) is 0 Å². The molecule has 0 amide bonds. The van der Waals surface area contributed by atoms with Crippen molar-refractivity contribution in [2.24, 2.45) is 5.92 Å². The van der Waals surface area contributed by atoms with Gasteiger partial charge in [0.15, 0.2) is 0 Å². The highest BCUT2D eigenvalue weighted by atomic mass is 15.3. The Morgan fingerprint density at radius 2 is 1.41 bits per heavy atom. The van der Waals surface area contributed by atoms with E-state index in [1.54, 1.807) is 0 Å². The number of nitrogens with zero attached hydrogens (tertiary/aromatic N) is 2. The van der Waals surface area contributed by atoms with Crippen LogP contribution >= 0.6 is 0 Å². The summed E-state index contributed by atoms with van der Waals surface area (Å²) in [5.41, 5.74) is 5.39. The van der Waals surface area contributed by atoms with Crippen molar-refractivity contribution in [2.75, 3.05) is 25.0 Å². The average molecular weight is 422 g/mol. The largest absolute Gasteiger partial charge is 0.368 e. The first-order valence-corrected chi connectivity index (χ1v) is 11.9. The maximum Gasteiger partial charge on any atom is 0.0624 e. The summed E-state index contributed by atoms with van der Waals surface area (Å²) in [6.45, 7) is 2.42. The minimum Gasteiger partial charge on any atom is -0.368 e. The second-order valence-electron chi connectivity index (χ2n) is 9.48. The zero-order chi connectivity index (χ0) is 21.5. The third kappa shape index (κ3) is 3.23. The van der Waals surface area contributed by atoms with Crippen molar-refractivity contribution in [3.05, 3.63) is 102 Å². The number of likely N-dealkylation sites (N-methyl/N-ethyl adjacent to an activating group) is 1.